The Labute approximate surface area is 214 Å². The number of carbonyl (C=O) groups is 1. The first-order valence-electron chi connectivity index (χ1n) is 11.4. The van der Waals surface area contributed by atoms with E-state index in [1.807, 2.05) is 19.1 Å². The quantitative estimate of drug-likeness (QED) is 0.163. The summed E-state index contributed by atoms with van der Waals surface area (Å²) in [6.07, 6.45) is 1.33. The van der Waals surface area contributed by atoms with Gasteiger partial charge >= 0.3 is 5.97 Å². The smallest absolute Gasteiger partial charge is 0.333 e. The molecule has 1 aromatic heterocycles. The van der Waals surface area contributed by atoms with Crippen LogP contribution < -0.4 is 4.74 Å². The van der Waals surface area contributed by atoms with Gasteiger partial charge in [0.25, 0.3) is 5.69 Å². The molecule has 2 atom stereocenters. The highest BCUT2D eigenvalue weighted by Gasteiger charge is 2.35. The molecule has 0 spiro atoms. The predicted molar refractivity (Wildman–Crippen MR) is 135 cm³/mol. The number of aliphatic carboxylic acids is 1. The van der Waals surface area contributed by atoms with Gasteiger partial charge in [-0.3, -0.25) is 15.1 Å². The van der Waals surface area contributed by atoms with Gasteiger partial charge in [-0.15, -0.1) is 0 Å². The van der Waals surface area contributed by atoms with Crippen molar-refractivity contribution in [3.05, 3.63) is 106 Å². The number of rotatable bonds is 7. The Balaban J connectivity index is 1.42. The Kier molecular flexibility index (Phi) is 6.48. The number of aliphatic imine (C=N–C) groups is 1. The largest absolute Gasteiger partial charge is 0.480 e. The molecule has 0 amide bonds. The number of hydrogen-bond donors (Lipinski definition) is 1. The van der Waals surface area contributed by atoms with E-state index in [-0.39, 0.29) is 22.7 Å². The standard InChI is InChI=1S/C27H19FN4O6/c1-15-2-8-18(9-3-15)37-24-13-22-20(12-21(24)28)25(26(27(33)34)31-30-22)29-14-19-10-11-23(38-19)16-4-6-17(7-5-16)32(35)36/h2-14,25-26H,1H3,(H,33,34). The zero-order chi connectivity index (χ0) is 26.8. The van der Waals surface area contributed by atoms with Crippen molar-refractivity contribution < 1.29 is 28.4 Å². The van der Waals surface area contributed by atoms with Crippen LogP contribution in [0.4, 0.5) is 15.8 Å². The summed E-state index contributed by atoms with van der Waals surface area (Å²) >= 11 is 0. The van der Waals surface area contributed by atoms with Gasteiger partial charge in [-0.05, 0) is 49.4 Å². The first kappa shape index (κ1) is 24.5. The molecular formula is C27H19FN4O6. The maximum absolute atomic E-state index is 15.0. The summed E-state index contributed by atoms with van der Waals surface area (Å²) in [4.78, 5) is 26.6. The number of ether oxygens (including phenoxy) is 1. The van der Waals surface area contributed by atoms with E-state index < -0.39 is 28.8 Å². The van der Waals surface area contributed by atoms with E-state index in [0.717, 1.165) is 11.6 Å². The van der Waals surface area contributed by atoms with Crippen LogP contribution in [0.2, 0.25) is 0 Å². The lowest BCUT2D eigenvalue weighted by atomic mass is 9.97. The highest BCUT2D eigenvalue weighted by molar-refractivity contribution is 5.80. The van der Waals surface area contributed by atoms with Crippen LogP contribution in [0.15, 0.2) is 92.4 Å². The van der Waals surface area contributed by atoms with Crippen LogP contribution >= 0.6 is 0 Å². The minimum absolute atomic E-state index is 0.0495. The molecule has 3 aromatic carbocycles. The molecule has 190 valence electrons. The summed E-state index contributed by atoms with van der Waals surface area (Å²) in [5.74, 6) is -0.893. The fourth-order valence-corrected chi connectivity index (χ4v) is 3.88. The van der Waals surface area contributed by atoms with Crippen LogP contribution in [0.5, 0.6) is 11.5 Å². The summed E-state index contributed by atoms with van der Waals surface area (Å²) in [6, 6.07) is 16.2. The number of aryl methyl sites for hydroxylation is 1. The topological polar surface area (TPSA) is 140 Å². The van der Waals surface area contributed by atoms with Crippen LogP contribution in [0, 0.1) is 22.9 Å². The maximum Gasteiger partial charge on any atom is 0.333 e. The molecule has 2 unspecified atom stereocenters. The van der Waals surface area contributed by atoms with Gasteiger partial charge in [0, 0.05) is 29.3 Å². The van der Waals surface area contributed by atoms with Crippen molar-refractivity contribution in [3.8, 4) is 22.8 Å². The third-order valence-electron chi connectivity index (χ3n) is 5.84. The number of carboxylic acid groups (broad SMARTS) is 1. The van der Waals surface area contributed by atoms with Crippen molar-refractivity contribution in [2.75, 3.05) is 0 Å². The van der Waals surface area contributed by atoms with E-state index in [2.05, 4.69) is 15.2 Å². The predicted octanol–water partition coefficient (Wildman–Crippen LogP) is 6.81. The first-order chi connectivity index (χ1) is 18.3. The second-order valence-electron chi connectivity index (χ2n) is 8.48. The van der Waals surface area contributed by atoms with Gasteiger partial charge in [0.1, 0.15) is 23.3 Å². The van der Waals surface area contributed by atoms with E-state index >= 15 is 4.39 Å². The van der Waals surface area contributed by atoms with Gasteiger partial charge in [0.15, 0.2) is 17.6 Å². The van der Waals surface area contributed by atoms with E-state index in [9.17, 15) is 20.0 Å². The molecule has 0 fully saturated rings. The van der Waals surface area contributed by atoms with Crippen LogP contribution in [0.25, 0.3) is 11.3 Å². The van der Waals surface area contributed by atoms with Crippen molar-refractivity contribution in [2.24, 2.45) is 15.2 Å². The van der Waals surface area contributed by atoms with Crippen molar-refractivity contribution in [1.82, 2.24) is 0 Å². The molecule has 11 heteroatoms. The number of halogens is 1. The monoisotopic (exact) mass is 514 g/mol. The molecule has 0 aliphatic carbocycles. The third-order valence-corrected chi connectivity index (χ3v) is 5.84. The van der Waals surface area contributed by atoms with Crippen molar-refractivity contribution in [1.29, 1.82) is 0 Å². The number of nitro groups is 1. The Bertz CT molecular complexity index is 1580. The van der Waals surface area contributed by atoms with E-state index in [4.69, 9.17) is 9.15 Å². The number of azo groups is 1. The van der Waals surface area contributed by atoms with Gasteiger partial charge in [0.2, 0.25) is 0 Å². The summed E-state index contributed by atoms with van der Waals surface area (Å²) in [5.41, 5.74) is 2.05. The molecule has 0 saturated carbocycles. The lowest BCUT2D eigenvalue weighted by molar-refractivity contribution is -0.384. The number of nitro benzene ring substituents is 1. The van der Waals surface area contributed by atoms with Gasteiger partial charge in [0.05, 0.1) is 16.8 Å². The molecule has 0 saturated heterocycles. The minimum Gasteiger partial charge on any atom is -0.480 e. The van der Waals surface area contributed by atoms with E-state index in [1.165, 1.54) is 24.4 Å². The average molecular weight is 514 g/mol. The Morgan fingerprint density at radius 2 is 1.87 bits per heavy atom. The average Bonchev–Trinajstić information content (AvgIpc) is 3.38. The SMILES string of the molecule is Cc1ccc(Oc2cc3c(cc2F)C(N=Cc2ccc(-c4ccc([N+](=O)[O-])cc4)o2)C(C(=O)O)N=N3)cc1. The Hall–Kier alpha value is -5.19. The molecule has 5 rings (SSSR count). The fourth-order valence-electron chi connectivity index (χ4n) is 3.88. The molecule has 2 heterocycles. The minimum atomic E-state index is -1.37. The fraction of sp³-hybridized carbons (Fsp3) is 0.111. The van der Waals surface area contributed by atoms with Crippen molar-refractivity contribution in [2.45, 2.75) is 19.0 Å². The zero-order valence-corrected chi connectivity index (χ0v) is 19.8. The molecule has 0 bridgehead atoms. The molecule has 1 aliphatic heterocycles. The van der Waals surface area contributed by atoms with Gasteiger partial charge in [-0.25, -0.2) is 9.18 Å². The lowest BCUT2D eigenvalue weighted by Gasteiger charge is -2.22. The molecular weight excluding hydrogens is 495 g/mol. The van der Waals surface area contributed by atoms with Gasteiger partial charge < -0.3 is 14.3 Å². The summed E-state index contributed by atoms with van der Waals surface area (Å²) in [6.45, 7) is 1.92. The summed E-state index contributed by atoms with van der Waals surface area (Å²) < 4.78 is 26.4. The normalized spacial score (nSPS) is 16.4. The molecule has 1 N–H and O–H groups in total. The number of fused-ring (bicyclic) bond motifs is 1. The first-order valence-corrected chi connectivity index (χ1v) is 11.4. The second-order valence-corrected chi connectivity index (χ2v) is 8.48. The maximum atomic E-state index is 15.0. The van der Waals surface area contributed by atoms with Crippen LogP contribution in [0.1, 0.15) is 22.9 Å². The van der Waals surface area contributed by atoms with Crippen LogP contribution in [-0.2, 0) is 4.79 Å². The lowest BCUT2D eigenvalue weighted by Crippen LogP contribution is -2.27. The summed E-state index contributed by atoms with van der Waals surface area (Å²) in [7, 11) is 0. The number of nitrogens with zero attached hydrogens (tertiary/aromatic N) is 4. The highest BCUT2D eigenvalue weighted by atomic mass is 19.1. The third kappa shape index (κ3) is 5.03. The Morgan fingerprint density at radius 1 is 1.13 bits per heavy atom. The van der Waals surface area contributed by atoms with E-state index in [0.29, 0.717) is 22.8 Å². The molecule has 4 aromatic rings. The molecule has 1 aliphatic rings. The number of non-ortho nitro benzene ring substituents is 1. The van der Waals surface area contributed by atoms with Crippen LogP contribution in [-0.4, -0.2) is 28.3 Å². The van der Waals surface area contributed by atoms with Crippen molar-refractivity contribution in [3.63, 3.8) is 0 Å². The number of hydrogen-bond acceptors (Lipinski definition) is 8. The highest BCUT2D eigenvalue weighted by Crippen LogP contribution is 2.41. The number of furan rings is 1. The second kappa shape index (κ2) is 10.1. The van der Waals surface area contributed by atoms with Crippen LogP contribution in [0.3, 0.4) is 0 Å². The zero-order valence-electron chi connectivity index (χ0n) is 19.8. The van der Waals surface area contributed by atoms with E-state index in [1.54, 1.807) is 36.4 Å². The van der Waals surface area contributed by atoms with Crippen molar-refractivity contribution >= 4 is 23.6 Å². The molecule has 0 radical (unpaired) electrons. The molecule has 10 nitrogen and oxygen atoms in total. The Morgan fingerprint density at radius 3 is 2.55 bits per heavy atom. The molecule has 38 heavy (non-hydrogen) atoms. The number of benzene rings is 3. The van der Waals surface area contributed by atoms with Gasteiger partial charge in [-0.2, -0.15) is 10.2 Å². The van der Waals surface area contributed by atoms with Gasteiger partial charge in [-0.1, -0.05) is 17.7 Å². The summed E-state index contributed by atoms with van der Waals surface area (Å²) in [5, 5.41) is 28.4. The number of carboxylic acids is 1.